The van der Waals surface area contributed by atoms with Crippen molar-refractivity contribution in [1.29, 1.82) is 0 Å². The molecule has 4 heterocycles. The van der Waals surface area contributed by atoms with Crippen LogP contribution in [0.2, 0.25) is 0 Å². The first kappa shape index (κ1) is 22.6. The van der Waals surface area contributed by atoms with Gasteiger partial charge in [-0.3, -0.25) is 4.98 Å². The molecule has 0 saturated carbocycles. The van der Waals surface area contributed by atoms with E-state index in [0.717, 1.165) is 22.9 Å². The average molecular weight is 497 g/mol. The fourth-order valence-corrected chi connectivity index (χ4v) is 5.77. The lowest BCUT2D eigenvalue weighted by molar-refractivity contribution is 0.174. The highest BCUT2D eigenvalue weighted by molar-refractivity contribution is 7.80. The third-order valence-electron chi connectivity index (χ3n) is 7.34. The van der Waals surface area contributed by atoms with Gasteiger partial charge in [-0.15, -0.1) is 0 Å². The Morgan fingerprint density at radius 3 is 2.58 bits per heavy atom. The van der Waals surface area contributed by atoms with E-state index in [9.17, 15) is 0 Å². The van der Waals surface area contributed by atoms with Crippen LogP contribution in [0.3, 0.4) is 0 Å². The van der Waals surface area contributed by atoms with Crippen molar-refractivity contribution >= 4 is 23.0 Å². The van der Waals surface area contributed by atoms with Crippen molar-refractivity contribution in [2.45, 2.75) is 39.8 Å². The maximum Gasteiger partial charge on any atom is 0.231 e. The number of pyridine rings is 1. The molecular formula is C29H28N4O2S. The summed E-state index contributed by atoms with van der Waals surface area (Å²) in [6.45, 7) is 8.94. The number of rotatable bonds is 4. The summed E-state index contributed by atoms with van der Waals surface area (Å²) < 4.78 is 13.6. The predicted molar refractivity (Wildman–Crippen MR) is 145 cm³/mol. The summed E-state index contributed by atoms with van der Waals surface area (Å²) in [5.74, 6) is 1.49. The fraction of sp³-hybridized carbons (Fsp3) is 0.241. The van der Waals surface area contributed by atoms with E-state index in [0.29, 0.717) is 5.11 Å². The maximum atomic E-state index is 5.93. The maximum absolute atomic E-state index is 5.93. The van der Waals surface area contributed by atoms with Crippen molar-refractivity contribution in [2.75, 3.05) is 11.7 Å². The first-order valence-electron chi connectivity index (χ1n) is 12.1. The van der Waals surface area contributed by atoms with Gasteiger partial charge in [-0.05, 0) is 93.0 Å². The highest BCUT2D eigenvalue weighted by Gasteiger charge is 2.42. The summed E-state index contributed by atoms with van der Waals surface area (Å²) in [4.78, 5) is 6.89. The SMILES string of the molecule is Cc1cccc(-n2c(C)cc([C@@H]3[C@H](c4ccccn4)NC(=S)N3c3ccc4c(c3)OCO4)c2C)c1C. The second-order valence-electron chi connectivity index (χ2n) is 9.42. The molecule has 4 aromatic rings. The second-order valence-corrected chi connectivity index (χ2v) is 9.80. The average Bonchev–Trinajstić information content (AvgIpc) is 3.56. The summed E-state index contributed by atoms with van der Waals surface area (Å²) in [5, 5.41) is 4.22. The van der Waals surface area contributed by atoms with E-state index < -0.39 is 0 Å². The molecule has 6 nitrogen and oxygen atoms in total. The molecular weight excluding hydrogens is 468 g/mol. The van der Waals surface area contributed by atoms with Crippen LogP contribution in [0, 0.1) is 27.7 Å². The van der Waals surface area contributed by atoms with Gasteiger partial charge in [0.25, 0.3) is 0 Å². The Morgan fingerprint density at radius 2 is 1.78 bits per heavy atom. The Morgan fingerprint density at radius 1 is 0.944 bits per heavy atom. The third kappa shape index (κ3) is 3.54. The largest absolute Gasteiger partial charge is 0.454 e. The molecule has 2 aliphatic heterocycles. The summed E-state index contributed by atoms with van der Waals surface area (Å²) in [6.07, 6.45) is 1.83. The minimum atomic E-state index is -0.114. The number of hydrogen-bond donors (Lipinski definition) is 1. The monoisotopic (exact) mass is 496 g/mol. The van der Waals surface area contributed by atoms with Crippen LogP contribution >= 0.6 is 12.2 Å². The van der Waals surface area contributed by atoms with E-state index in [-0.39, 0.29) is 18.9 Å². The van der Waals surface area contributed by atoms with Crippen molar-refractivity contribution in [3.63, 3.8) is 0 Å². The molecule has 0 spiro atoms. The van der Waals surface area contributed by atoms with Crippen LogP contribution in [0.4, 0.5) is 5.69 Å². The fourth-order valence-electron chi connectivity index (χ4n) is 5.42. The molecule has 2 atom stereocenters. The van der Waals surface area contributed by atoms with Gasteiger partial charge in [0.1, 0.15) is 0 Å². The Hall–Kier alpha value is -3.84. The predicted octanol–water partition coefficient (Wildman–Crippen LogP) is 6.01. The second kappa shape index (κ2) is 8.68. The number of benzene rings is 2. The summed E-state index contributed by atoms with van der Waals surface area (Å²) in [5.41, 5.74) is 9.23. The highest BCUT2D eigenvalue weighted by atomic mass is 32.1. The number of nitrogens with one attached hydrogen (secondary N) is 1. The number of ether oxygens (including phenoxy) is 2. The molecule has 0 bridgehead atoms. The topological polar surface area (TPSA) is 51.6 Å². The molecule has 1 saturated heterocycles. The zero-order chi connectivity index (χ0) is 25.0. The number of thiocarbonyl (C=S) groups is 1. The number of fused-ring (bicyclic) bond motifs is 1. The van der Waals surface area contributed by atoms with Crippen molar-refractivity contribution in [1.82, 2.24) is 14.9 Å². The van der Waals surface area contributed by atoms with Gasteiger partial charge in [0, 0.05) is 35.0 Å². The quantitative estimate of drug-likeness (QED) is 0.349. The Kier molecular flexibility index (Phi) is 5.45. The highest BCUT2D eigenvalue weighted by Crippen LogP contribution is 2.46. The Labute approximate surface area is 216 Å². The molecule has 6 rings (SSSR count). The third-order valence-corrected chi connectivity index (χ3v) is 7.65. The van der Waals surface area contributed by atoms with Gasteiger partial charge in [0.05, 0.1) is 17.8 Å². The van der Waals surface area contributed by atoms with Gasteiger partial charge >= 0.3 is 0 Å². The number of aryl methyl sites for hydroxylation is 2. The molecule has 0 aliphatic carbocycles. The zero-order valence-corrected chi connectivity index (χ0v) is 21.6. The molecule has 2 aromatic heterocycles. The molecule has 1 N–H and O–H groups in total. The van der Waals surface area contributed by atoms with E-state index in [4.69, 9.17) is 26.7 Å². The van der Waals surface area contributed by atoms with Gasteiger partial charge in [0.2, 0.25) is 6.79 Å². The van der Waals surface area contributed by atoms with Gasteiger partial charge < -0.3 is 24.3 Å². The summed E-state index contributed by atoms with van der Waals surface area (Å²) >= 11 is 5.93. The van der Waals surface area contributed by atoms with Gasteiger partial charge in [-0.2, -0.15) is 0 Å². The van der Waals surface area contributed by atoms with Crippen LogP contribution in [-0.2, 0) is 0 Å². The van der Waals surface area contributed by atoms with Gasteiger partial charge in [-0.25, -0.2) is 0 Å². The molecule has 36 heavy (non-hydrogen) atoms. The van der Waals surface area contributed by atoms with Gasteiger partial charge in [-0.1, -0.05) is 18.2 Å². The van der Waals surface area contributed by atoms with E-state index >= 15 is 0 Å². The van der Waals surface area contributed by atoms with E-state index in [1.807, 2.05) is 36.5 Å². The van der Waals surface area contributed by atoms with Crippen LogP contribution in [0.5, 0.6) is 11.5 Å². The molecule has 1 fully saturated rings. The number of nitrogens with zero attached hydrogens (tertiary/aromatic N) is 3. The molecule has 0 radical (unpaired) electrons. The van der Waals surface area contributed by atoms with Crippen LogP contribution in [-0.4, -0.2) is 21.5 Å². The number of hydrogen-bond acceptors (Lipinski definition) is 4. The zero-order valence-electron chi connectivity index (χ0n) is 20.8. The first-order valence-corrected chi connectivity index (χ1v) is 12.5. The van der Waals surface area contributed by atoms with Crippen molar-refractivity contribution in [2.24, 2.45) is 0 Å². The number of aromatic nitrogens is 2. The molecule has 182 valence electrons. The lowest BCUT2D eigenvalue weighted by Gasteiger charge is -2.28. The molecule has 0 unspecified atom stereocenters. The van der Waals surface area contributed by atoms with Gasteiger partial charge in [0.15, 0.2) is 16.6 Å². The lowest BCUT2D eigenvalue weighted by atomic mass is 9.96. The Bertz CT molecular complexity index is 1480. The standard InChI is InChI=1S/C29H28N4O2S/c1-17-8-7-10-24(19(17)3)32-18(2)14-22(20(32)4)28-27(23-9-5-6-13-30-23)31-29(36)33(28)21-11-12-25-26(15-21)35-16-34-25/h5-15,27-28H,16H2,1-4H3,(H,31,36)/t27-,28+/m0/s1. The molecule has 0 amide bonds. The van der Waals surface area contributed by atoms with E-state index in [1.54, 1.807) is 0 Å². The van der Waals surface area contributed by atoms with Crippen LogP contribution in [0.15, 0.2) is 66.9 Å². The first-order chi connectivity index (χ1) is 17.4. The van der Waals surface area contributed by atoms with Crippen LogP contribution in [0.25, 0.3) is 5.69 Å². The van der Waals surface area contributed by atoms with E-state index in [1.165, 1.54) is 33.8 Å². The Balaban J connectivity index is 1.53. The summed E-state index contributed by atoms with van der Waals surface area (Å²) in [7, 11) is 0. The summed E-state index contributed by atoms with van der Waals surface area (Å²) in [6, 6.07) is 20.6. The smallest absolute Gasteiger partial charge is 0.231 e. The number of anilines is 1. The van der Waals surface area contributed by atoms with E-state index in [2.05, 4.69) is 72.8 Å². The normalized spacial score (nSPS) is 18.6. The van der Waals surface area contributed by atoms with Crippen molar-refractivity contribution in [3.8, 4) is 17.2 Å². The van der Waals surface area contributed by atoms with Crippen LogP contribution in [0.1, 0.15) is 45.9 Å². The molecule has 2 aliphatic rings. The van der Waals surface area contributed by atoms with Crippen LogP contribution < -0.4 is 19.7 Å². The molecule has 2 aromatic carbocycles. The minimum absolute atomic E-state index is 0.0992. The lowest BCUT2D eigenvalue weighted by Crippen LogP contribution is -2.29. The molecule has 7 heteroatoms. The van der Waals surface area contributed by atoms with Crippen molar-refractivity contribution < 1.29 is 9.47 Å². The van der Waals surface area contributed by atoms with Crippen molar-refractivity contribution in [3.05, 3.63) is 101 Å². The minimum Gasteiger partial charge on any atom is -0.454 e.